The summed E-state index contributed by atoms with van der Waals surface area (Å²) < 4.78 is 12.7. The van der Waals surface area contributed by atoms with Crippen LogP contribution in [0.2, 0.25) is 0 Å². The lowest BCUT2D eigenvalue weighted by molar-refractivity contribution is 0.0937. The molecule has 0 atom stereocenters. The van der Waals surface area contributed by atoms with Gasteiger partial charge in [-0.05, 0) is 37.1 Å². The zero-order chi connectivity index (χ0) is 13.0. The topological polar surface area (TPSA) is 55.1 Å². The number of nitrogens with two attached hydrogens (primary N) is 1. The van der Waals surface area contributed by atoms with Crippen molar-refractivity contribution in [1.29, 1.82) is 0 Å². The van der Waals surface area contributed by atoms with Crippen LogP contribution in [0.4, 0.5) is 4.39 Å². The molecular weight excluding hydrogens is 231 g/mol. The maximum atomic E-state index is 12.7. The van der Waals surface area contributed by atoms with Gasteiger partial charge in [-0.2, -0.15) is 0 Å². The van der Waals surface area contributed by atoms with E-state index in [-0.39, 0.29) is 17.3 Å². The Balaban J connectivity index is 1.89. The molecule has 1 aromatic rings. The number of halogens is 1. The number of amides is 1. The largest absolute Gasteiger partial charge is 0.350 e. The fourth-order valence-electron chi connectivity index (χ4n) is 2.39. The Morgan fingerprint density at radius 1 is 1.22 bits per heavy atom. The molecule has 0 bridgehead atoms. The zero-order valence-electron chi connectivity index (χ0n) is 10.4. The molecule has 4 heteroatoms. The van der Waals surface area contributed by atoms with E-state index >= 15 is 0 Å². The van der Waals surface area contributed by atoms with E-state index in [0.29, 0.717) is 12.1 Å². The SMILES string of the molecule is NC1(CNC(=O)c2ccc(F)cc2)CCCCC1. The lowest BCUT2D eigenvalue weighted by Gasteiger charge is -2.33. The molecule has 1 fully saturated rings. The minimum atomic E-state index is -0.339. The van der Waals surface area contributed by atoms with Crippen molar-refractivity contribution < 1.29 is 9.18 Å². The molecule has 1 amide bonds. The second-order valence-electron chi connectivity index (χ2n) is 5.11. The van der Waals surface area contributed by atoms with Gasteiger partial charge in [0.05, 0.1) is 0 Å². The summed E-state index contributed by atoms with van der Waals surface area (Å²) in [6.45, 7) is 0.489. The second kappa shape index (κ2) is 5.48. The monoisotopic (exact) mass is 250 g/mol. The highest BCUT2D eigenvalue weighted by Gasteiger charge is 2.27. The quantitative estimate of drug-likeness (QED) is 0.864. The lowest BCUT2D eigenvalue weighted by Crippen LogP contribution is -2.51. The Labute approximate surface area is 107 Å². The minimum absolute atomic E-state index is 0.189. The zero-order valence-corrected chi connectivity index (χ0v) is 10.4. The Hall–Kier alpha value is -1.42. The molecule has 0 aliphatic heterocycles. The molecule has 1 aliphatic carbocycles. The normalized spacial score (nSPS) is 18.3. The van der Waals surface area contributed by atoms with Crippen LogP contribution < -0.4 is 11.1 Å². The van der Waals surface area contributed by atoms with Crippen molar-refractivity contribution in [3.63, 3.8) is 0 Å². The molecule has 3 N–H and O–H groups in total. The van der Waals surface area contributed by atoms with Gasteiger partial charge in [0.25, 0.3) is 5.91 Å². The van der Waals surface area contributed by atoms with E-state index in [2.05, 4.69) is 5.32 Å². The summed E-state index contributed by atoms with van der Waals surface area (Å²) in [5.74, 6) is -0.528. The van der Waals surface area contributed by atoms with E-state index in [0.717, 1.165) is 25.7 Å². The van der Waals surface area contributed by atoms with Gasteiger partial charge in [0, 0.05) is 17.6 Å². The molecule has 0 aromatic heterocycles. The van der Waals surface area contributed by atoms with E-state index < -0.39 is 0 Å². The van der Waals surface area contributed by atoms with Crippen LogP contribution in [-0.2, 0) is 0 Å². The third-order valence-electron chi connectivity index (χ3n) is 3.56. The first-order valence-electron chi connectivity index (χ1n) is 6.42. The molecule has 1 saturated carbocycles. The Kier molecular flexibility index (Phi) is 3.97. The molecule has 0 radical (unpaired) electrons. The molecule has 3 nitrogen and oxygen atoms in total. The summed E-state index contributed by atoms with van der Waals surface area (Å²) in [6.07, 6.45) is 5.39. The third kappa shape index (κ3) is 3.29. The standard InChI is InChI=1S/C14H19FN2O/c15-12-6-4-11(5-7-12)13(18)17-10-14(16)8-2-1-3-9-14/h4-7H,1-3,8-10,16H2,(H,17,18). The molecule has 0 heterocycles. The Bertz CT molecular complexity index is 410. The van der Waals surface area contributed by atoms with Gasteiger partial charge in [-0.1, -0.05) is 19.3 Å². The average Bonchev–Trinajstić information content (AvgIpc) is 2.38. The lowest BCUT2D eigenvalue weighted by atomic mass is 9.82. The first kappa shape index (κ1) is 13.0. The van der Waals surface area contributed by atoms with Crippen LogP contribution in [0, 0.1) is 5.82 Å². The van der Waals surface area contributed by atoms with Gasteiger partial charge in [-0.3, -0.25) is 4.79 Å². The van der Waals surface area contributed by atoms with Gasteiger partial charge in [0.1, 0.15) is 5.82 Å². The van der Waals surface area contributed by atoms with Crippen LogP contribution in [0.25, 0.3) is 0 Å². The molecule has 98 valence electrons. The highest BCUT2D eigenvalue weighted by atomic mass is 19.1. The minimum Gasteiger partial charge on any atom is -0.350 e. The van der Waals surface area contributed by atoms with E-state index in [4.69, 9.17) is 5.73 Å². The van der Waals surface area contributed by atoms with Crippen molar-refractivity contribution in [3.05, 3.63) is 35.6 Å². The molecule has 0 spiro atoms. The van der Waals surface area contributed by atoms with E-state index in [9.17, 15) is 9.18 Å². The molecular formula is C14H19FN2O. The van der Waals surface area contributed by atoms with Crippen molar-refractivity contribution in [2.24, 2.45) is 5.73 Å². The maximum Gasteiger partial charge on any atom is 0.251 e. The predicted molar refractivity (Wildman–Crippen MR) is 68.7 cm³/mol. The molecule has 2 rings (SSSR count). The van der Waals surface area contributed by atoms with Crippen molar-refractivity contribution in [2.45, 2.75) is 37.6 Å². The van der Waals surface area contributed by atoms with E-state index in [1.807, 2.05) is 0 Å². The fraction of sp³-hybridized carbons (Fsp3) is 0.500. The molecule has 18 heavy (non-hydrogen) atoms. The molecule has 1 aromatic carbocycles. The molecule has 0 saturated heterocycles. The predicted octanol–water partition coefficient (Wildman–Crippen LogP) is 2.22. The number of nitrogens with one attached hydrogen (secondary N) is 1. The van der Waals surface area contributed by atoms with E-state index in [1.54, 1.807) is 0 Å². The number of carbonyl (C=O) groups is 1. The van der Waals surface area contributed by atoms with Crippen molar-refractivity contribution >= 4 is 5.91 Å². The van der Waals surface area contributed by atoms with Crippen LogP contribution in [0.1, 0.15) is 42.5 Å². The summed E-state index contributed by atoms with van der Waals surface area (Å²) in [7, 11) is 0. The van der Waals surface area contributed by atoms with Crippen LogP contribution in [0.15, 0.2) is 24.3 Å². The fourth-order valence-corrected chi connectivity index (χ4v) is 2.39. The molecule has 1 aliphatic rings. The van der Waals surface area contributed by atoms with Crippen molar-refractivity contribution in [3.8, 4) is 0 Å². The van der Waals surface area contributed by atoms with Gasteiger partial charge in [0.15, 0.2) is 0 Å². The Morgan fingerprint density at radius 2 is 1.83 bits per heavy atom. The number of hydrogen-bond acceptors (Lipinski definition) is 2. The first-order valence-corrected chi connectivity index (χ1v) is 6.42. The average molecular weight is 250 g/mol. The maximum absolute atomic E-state index is 12.7. The van der Waals surface area contributed by atoms with Gasteiger partial charge in [0.2, 0.25) is 0 Å². The smallest absolute Gasteiger partial charge is 0.251 e. The first-order chi connectivity index (χ1) is 8.59. The van der Waals surface area contributed by atoms with Crippen molar-refractivity contribution in [1.82, 2.24) is 5.32 Å². The summed E-state index contributed by atoms with van der Waals surface area (Å²) in [5, 5.41) is 2.84. The van der Waals surface area contributed by atoms with Crippen LogP contribution in [0.3, 0.4) is 0 Å². The number of hydrogen-bond donors (Lipinski definition) is 2. The van der Waals surface area contributed by atoms with Crippen LogP contribution in [0.5, 0.6) is 0 Å². The number of carbonyl (C=O) groups excluding carboxylic acids is 1. The highest BCUT2D eigenvalue weighted by molar-refractivity contribution is 5.94. The van der Waals surface area contributed by atoms with Crippen molar-refractivity contribution in [2.75, 3.05) is 6.54 Å². The summed E-state index contributed by atoms with van der Waals surface area (Å²) >= 11 is 0. The van der Waals surface area contributed by atoms with Gasteiger partial charge in [-0.15, -0.1) is 0 Å². The number of rotatable bonds is 3. The summed E-state index contributed by atoms with van der Waals surface area (Å²) in [5.41, 5.74) is 6.43. The third-order valence-corrected chi connectivity index (χ3v) is 3.56. The number of benzene rings is 1. The van der Waals surface area contributed by atoms with Crippen LogP contribution >= 0.6 is 0 Å². The summed E-state index contributed by atoms with van der Waals surface area (Å²) in [4.78, 5) is 11.9. The van der Waals surface area contributed by atoms with Gasteiger partial charge >= 0.3 is 0 Å². The van der Waals surface area contributed by atoms with E-state index in [1.165, 1.54) is 30.7 Å². The Morgan fingerprint density at radius 3 is 2.44 bits per heavy atom. The van der Waals surface area contributed by atoms with Gasteiger partial charge < -0.3 is 11.1 Å². The van der Waals surface area contributed by atoms with Gasteiger partial charge in [-0.25, -0.2) is 4.39 Å². The second-order valence-corrected chi connectivity index (χ2v) is 5.11. The molecule has 0 unspecified atom stereocenters. The highest BCUT2D eigenvalue weighted by Crippen LogP contribution is 2.25. The summed E-state index contributed by atoms with van der Waals surface area (Å²) in [6, 6.07) is 5.53. The van der Waals surface area contributed by atoms with Crippen LogP contribution in [-0.4, -0.2) is 18.0 Å².